The molecule has 1 amide bonds. The number of carbonyl (C=O) groups excluding carboxylic acids is 1. The number of rotatable bonds is 8. The second-order valence-electron chi connectivity index (χ2n) is 11.0. The monoisotopic (exact) mass is 586 g/mol. The molecule has 0 bridgehead atoms. The Labute approximate surface area is 235 Å². The maximum atomic E-state index is 14.2. The van der Waals surface area contributed by atoms with E-state index in [9.17, 15) is 33.0 Å². The van der Waals surface area contributed by atoms with Gasteiger partial charge in [-0.25, -0.2) is 0 Å². The van der Waals surface area contributed by atoms with E-state index < -0.39 is 54.8 Å². The maximum Gasteiger partial charge on any atom is 0.419 e. The molecule has 0 aliphatic carbocycles. The first kappa shape index (κ1) is 29.6. The van der Waals surface area contributed by atoms with Gasteiger partial charge >= 0.3 is 12.1 Å². The Balaban J connectivity index is 1.79. The van der Waals surface area contributed by atoms with Crippen molar-refractivity contribution in [1.29, 1.82) is 0 Å². The van der Waals surface area contributed by atoms with Gasteiger partial charge in [0.1, 0.15) is 0 Å². The smallest absolute Gasteiger partial charge is 0.419 e. The van der Waals surface area contributed by atoms with Crippen LogP contribution in [0.3, 0.4) is 0 Å². The number of carbonyl (C=O) groups is 2. The lowest BCUT2D eigenvalue weighted by Crippen LogP contribution is -2.71. The molecule has 2 aromatic carbocycles. The van der Waals surface area contributed by atoms with E-state index in [-0.39, 0.29) is 24.8 Å². The average Bonchev–Trinajstić information content (AvgIpc) is 2.82. The zero-order valence-electron chi connectivity index (χ0n) is 21.6. The number of carboxylic acid groups (broad SMARTS) is 1. The number of hydrogen-bond acceptors (Lipinski definition) is 4. The molecule has 0 radical (unpaired) electrons. The van der Waals surface area contributed by atoms with E-state index >= 15 is 0 Å². The Morgan fingerprint density at radius 2 is 1.74 bits per heavy atom. The molecule has 2 fully saturated rings. The van der Waals surface area contributed by atoms with E-state index in [0.717, 1.165) is 11.1 Å². The normalized spacial score (nSPS) is 26.3. The van der Waals surface area contributed by atoms with Crippen molar-refractivity contribution >= 4 is 35.1 Å². The van der Waals surface area contributed by atoms with Crippen LogP contribution in [0.4, 0.5) is 13.2 Å². The summed E-state index contributed by atoms with van der Waals surface area (Å²) in [4.78, 5) is 29.3. The van der Waals surface area contributed by atoms with Crippen molar-refractivity contribution in [3.05, 3.63) is 69.7 Å². The second-order valence-corrected chi connectivity index (χ2v) is 11.8. The number of benzene rings is 2. The third-order valence-electron chi connectivity index (χ3n) is 7.96. The Hall–Kier alpha value is -2.33. The predicted molar refractivity (Wildman–Crippen MR) is 142 cm³/mol. The van der Waals surface area contributed by atoms with Crippen LogP contribution in [0.2, 0.25) is 10.0 Å². The predicted octanol–water partition coefficient (Wildman–Crippen LogP) is 5.92. The maximum absolute atomic E-state index is 14.2. The molecule has 212 valence electrons. The Morgan fingerprint density at radius 3 is 2.28 bits per heavy atom. The van der Waals surface area contributed by atoms with Gasteiger partial charge in [0.2, 0.25) is 5.91 Å². The molecular formula is C28H31Cl2F3N2O4. The van der Waals surface area contributed by atoms with Crippen molar-refractivity contribution in [1.82, 2.24) is 9.80 Å². The lowest BCUT2D eigenvalue weighted by molar-refractivity contribution is -0.302. The van der Waals surface area contributed by atoms with Crippen molar-refractivity contribution in [3.8, 4) is 0 Å². The SMILES string of the molecule is CCC(CN1CC(O)(C(F)(F)F)C1)N1C(=O)[C@@](C)(CC(=O)O)C[C@H](c2cccc(Cl)c2)[C@H]1c1ccc(Cl)cc1. The number of hydrogen-bond donors (Lipinski definition) is 2. The van der Waals surface area contributed by atoms with Gasteiger partial charge in [-0.3, -0.25) is 14.5 Å². The third-order valence-corrected chi connectivity index (χ3v) is 8.45. The largest absolute Gasteiger partial charge is 0.481 e. The number of likely N-dealkylation sites (tertiary alicyclic amines) is 2. The van der Waals surface area contributed by atoms with Gasteiger partial charge in [0, 0.05) is 41.6 Å². The molecule has 2 aromatic rings. The van der Waals surface area contributed by atoms with E-state index in [4.69, 9.17) is 23.2 Å². The topological polar surface area (TPSA) is 81.1 Å². The molecule has 4 atom stereocenters. The van der Waals surface area contributed by atoms with Crippen LogP contribution in [0.15, 0.2) is 48.5 Å². The number of nitrogens with zero attached hydrogens (tertiary/aromatic N) is 2. The van der Waals surface area contributed by atoms with Crippen molar-refractivity contribution < 1.29 is 33.0 Å². The van der Waals surface area contributed by atoms with E-state index in [1.54, 1.807) is 42.2 Å². The van der Waals surface area contributed by atoms with E-state index in [1.807, 2.05) is 25.1 Å². The molecule has 4 rings (SSSR count). The molecule has 2 N–H and O–H groups in total. The second kappa shape index (κ2) is 10.9. The molecule has 39 heavy (non-hydrogen) atoms. The first-order chi connectivity index (χ1) is 18.2. The summed E-state index contributed by atoms with van der Waals surface area (Å²) in [6, 6.07) is 13.1. The molecule has 6 nitrogen and oxygen atoms in total. The van der Waals surface area contributed by atoms with Crippen molar-refractivity contribution in [3.63, 3.8) is 0 Å². The van der Waals surface area contributed by atoms with Gasteiger partial charge in [-0.2, -0.15) is 13.2 Å². The van der Waals surface area contributed by atoms with E-state index in [0.29, 0.717) is 16.5 Å². The Morgan fingerprint density at radius 1 is 1.10 bits per heavy atom. The van der Waals surface area contributed by atoms with Gasteiger partial charge in [0.25, 0.3) is 0 Å². The van der Waals surface area contributed by atoms with Crippen LogP contribution in [0.25, 0.3) is 0 Å². The van der Waals surface area contributed by atoms with Crippen LogP contribution in [0, 0.1) is 5.41 Å². The van der Waals surface area contributed by atoms with E-state index in [1.165, 1.54) is 4.90 Å². The van der Waals surface area contributed by atoms with Gasteiger partial charge in [0.15, 0.2) is 5.60 Å². The summed E-state index contributed by atoms with van der Waals surface area (Å²) in [6.45, 7) is 2.38. The van der Waals surface area contributed by atoms with Crippen LogP contribution in [-0.2, 0) is 9.59 Å². The summed E-state index contributed by atoms with van der Waals surface area (Å²) in [5.74, 6) is -1.85. The summed E-state index contributed by atoms with van der Waals surface area (Å²) >= 11 is 12.5. The van der Waals surface area contributed by atoms with Gasteiger partial charge < -0.3 is 15.1 Å². The van der Waals surface area contributed by atoms with Gasteiger partial charge in [-0.15, -0.1) is 0 Å². The molecular weight excluding hydrogens is 556 g/mol. The average molecular weight is 587 g/mol. The number of β-amino-alcohol motifs (C(OH)–C–C–N with tert-alkyl or cyclic N) is 1. The first-order valence-corrected chi connectivity index (χ1v) is 13.5. The number of amides is 1. The van der Waals surface area contributed by atoms with Gasteiger partial charge in [-0.1, -0.05) is 61.3 Å². The number of aliphatic carboxylic acids is 1. The van der Waals surface area contributed by atoms with E-state index in [2.05, 4.69) is 0 Å². The standard InChI is InChI=1S/C28H31Cl2F3N2O4/c1-3-21(14-34-15-27(39,16-34)28(31,32)33)35-24(17-7-9-19(29)10-8-17)22(18-5-4-6-20(30)11-18)12-26(2,25(35)38)13-23(36)37/h4-11,21-22,24,39H,3,12-16H2,1-2H3,(H,36,37)/t21?,22-,24-,26-/m1/s1. The molecule has 0 spiro atoms. The minimum atomic E-state index is -4.75. The fourth-order valence-electron chi connectivity index (χ4n) is 5.99. The Bertz CT molecular complexity index is 1220. The minimum Gasteiger partial charge on any atom is -0.481 e. The zero-order valence-corrected chi connectivity index (χ0v) is 23.1. The molecule has 2 aliphatic rings. The highest BCUT2D eigenvalue weighted by Gasteiger charge is 2.61. The number of piperidine rings is 1. The molecule has 0 saturated carbocycles. The van der Waals surface area contributed by atoms with Crippen LogP contribution in [0.1, 0.15) is 56.2 Å². The van der Waals surface area contributed by atoms with Crippen molar-refractivity contribution in [2.45, 2.75) is 62.9 Å². The summed E-state index contributed by atoms with van der Waals surface area (Å²) in [5.41, 5.74) is -2.46. The minimum absolute atomic E-state index is 0.0934. The lowest BCUT2D eigenvalue weighted by atomic mass is 9.67. The lowest BCUT2D eigenvalue weighted by Gasteiger charge is -2.54. The third kappa shape index (κ3) is 5.92. The molecule has 1 unspecified atom stereocenters. The highest BCUT2D eigenvalue weighted by molar-refractivity contribution is 6.30. The van der Waals surface area contributed by atoms with Crippen molar-refractivity contribution in [2.24, 2.45) is 5.41 Å². The highest BCUT2D eigenvalue weighted by Crippen LogP contribution is 2.52. The molecule has 2 saturated heterocycles. The number of alkyl halides is 3. The molecule has 2 aliphatic heterocycles. The van der Waals surface area contributed by atoms with Gasteiger partial charge in [0.05, 0.1) is 17.9 Å². The molecule has 2 heterocycles. The fraction of sp³-hybridized carbons (Fsp3) is 0.500. The zero-order chi connectivity index (χ0) is 28.8. The number of carboxylic acids is 1. The van der Waals surface area contributed by atoms with Crippen molar-refractivity contribution in [2.75, 3.05) is 19.6 Å². The van der Waals surface area contributed by atoms with Crippen LogP contribution < -0.4 is 0 Å². The Kier molecular flexibility index (Phi) is 8.30. The summed E-state index contributed by atoms with van der Waals surface area (Å²) in [6.07, 6.45) is -4.52. The van der Waals surface area contributed by atoms with Crippen LogP contribution in [0.5, 0.6) is 0 Å². The summed E-state index contributed by atoms with van der Waals surface area (Å²) in [5, 5.41) is 20.7. The van der Waals surface area contributed by atoms with Crippen LogP contribution >= 0.6 is 23.2 Å². The highest BCUT2D eigenvalue weighted by atomic mass is 35.5. The summed E-state index contributed by atoms with van der Waals surface area (Å²) < 4.78 is 39.9. The quantitative estimate of drug-likeness (QED) is 0.401. The number of halogens is 5. The first-order valence-electron chi connectivity index (χ1n) is 12.7. The molecule has 0 aromatic heterocycles. The molecule has 11 heteroatoms. The fourth-order valence-corrected chi connectivity index (χ4v) is 6.32. The van der Waals surface area contributed by atoms with Gasteiger partial charge in [-0.05, 0) is 48.2 Å². The number of aliphatic hydroxyl groups is 1. The summed E-state index contributed by atoms with van der Waals surface area (Å²) in [7, 11) is 0. The van der Waals surface area contributed by atoms with Crippen LogP contribution in [-0.4, -0.2) is 69.3 Å².